The molecular formula is C15H25BrN2O3. The van der Waals surface area contributed by atoms with Gasteiger partial charge in [-0.15, -0.1) is 0 Å². The summed E-state index contributed by atoms with van der Waals surface area (Å²) in [4.78, 5) is 0. The molecule has 0 heterocycles. The van der Waals surface area contributed by atoms with E-state index in [1.54, 1.807) is 14.2 Å². The molecule has 120 valence electrons. The Morgan fingerprint density at radius 2 is 1.81 bits per heavy atom. The lowest BCUT2D eigenvalue weighted by atomic mass is 10.0. The van der Waals surface area contributed by atoms with E-state index in [0.717, 1.165) is 10.0 Å². The number of hydrogen-bond donors (Lipinski definition) is 3. The molecule has 21 heavy (non-hydrogen) atoms. The molecule has 1 aromatic carbocycles. The van der Waals surface area contributed by atoms with Crippen LogP contribution in [-0.4, -0.2) is 38.5 Å². The van der Waals surface area contributed by atoms with Gasteiger partial charge in [0.25, 0.3) is 0 Å². The van der Waals surface area contributed by atoms with Crippen LogP contribution in [0.4, 0.5) is 0 Å². The highest BCUT2D eigenvalue weighted by molar-refractivity contribution is 9.10. The molecule has 1 aromatic rings. The quantitative estimate of drug-likeness (QED) is 0.661. The van der Waals surface area contributed by atoms with E-state index in [0.29, 0.717) is 18.0 Å². The number of methoxy groups -OCH3 is 2. The summed E-state index contributed by atoms with van der Waals surface area (Å²) < 4.78 is 11.5. The van der Waals surface area contributed by atoms with E-state index in [1.807, 2.05) is 26.0 Å². The monoisotopic (exact) mass is 360 g/mol. The maximum absolute atomic E-state index is 9.25. The third-order valence-electron chi connectivity index (χ3n) is 3.72. The molecule has 0 saturated heterocycles. The Bertz CT molecular complexity index is 457. The van der Waals surface area contributed by atoms with Gasteiger partial charge in [-0.3, -0.25) is 0 Å². The number of nitrogens with two attached hydrogens (primary N) is 1. The number of rotatable bonds is 8. The normalized spacial score (nSPS) is 15.4. The number of ether oxygens (including phenoxy) is 2. The van der Waals surface area contributed by atoms with Gasteiger partial charge in [-0.25, -0.2) is 0 Å². The zero-order valence-electron chi connectivity index (χ0n) is 13.0. The van der Waals surface area contributed by atoms with Crippen LogP contribution in [0.2, 0.25) is 0 Å². The van der Waals surface area contributed by atoms with Gasteiger partial charge in [-0.2, -0.15) is 0 Å². The summed E-state index contributed by atoms with van der Waals surface area (Å²) in [6.07, 6.45) is 0. The van der Waals surface area contributed by atoms with E-state index in [-0.39, 0.29) is 24.6 Å². The summed E-state index contributed by atoms with van der Waals surface area (Å²) in [6.45, 7) is 4.61. The van der Waals surface area contributed by atoms with Crippen molar-refractivity contribution in [3.05, 3.63) is 22.2 Å². The largest absolute Gasteiger partial charge is 0.493 e. The molecule has 0 saturated carbocycles. The Hall–Kier alpha value is -0.820. The van der Waals surface area contributed by atoms with Gasteiger partial charge in [0.2, 0.25) is 0 Å². The van der Waals surface area contributed by atoms with Gasteiger partial charge in [-0.05, 0) is 30.5 Å². The molecule has 3 unspecified atom stereocenters. The first kappa shape index (κ1) is 18.2. The van der Waals surface area contributed by atoms with Gasteiger partial charge in [0.1, 0.15) is 0 Å². The molecule has 5 nitrogen and oxygen atoms in total. The fraction of sp³-hybridized carbons (Fsp3) is 0.600. The Morgan fingerprint density at radius 3 is 2.29 bits per heavy atom. The van der Waals surface area contributed by atoms with Crippen LogP contribution in [0.15, 0.2) is 16.6 Å². The molecule has 0 spiro atoms. The molecule has 6 heteroatoms. The van der Waals surface area contributed by atoms with Gasteiger partial charge in [-0.1, -0.05) is 22.9 Å². The summed E-state index contributed by atoms with van der Waals surface area (Å²) in [7, 11) is 3.21. The number of hydrogen-bond acceptors (Lipinski definition) is 5. The second-order valence-corrected chi connectivity index (χ2v) is 5.99. The van der Waals surface area contributed by atoms with Crippen LogP contribution in [0, 0.1) is 5.92 Å². The fourth-order valence-corrected chi connectivity index (χ4v) is 2.66. The third-order valence-corrected chi connectivity index (χ3v) is 4.41. The van der Waals surface area contributed by atoms with Crippen molar-refractivity contribution in [3.8, 4) is 11.5 Å². The van der Waals surface area contributed by atoms with Crippen molar-refractivity contribution < 1.29 is 14.6 Å². The van der Waals surface area contributed by atoms with E-state index >= 15 is 0 Å². The maximum atomic E-state index is 9.25. The second kappa shape index (κ2) is 8.58. The first-order valence-corrected chi connectivity index (χ1v) is 7.76. The average Bonchev–Trinajstić information content (AvgIpc) is 2.51. The van der Waals surface area contributed by atoms with E-state index in [9.17, 15) is 5.11 Å². The van der Waals surface area contributed by atoms with Crippen molar-refractivity contribution in [3.63, 3.8) is 0 Å². The van der Waals surface area contributed by atoms with Gasteiger partial charge < -0.3 is 25.6 Å². The van der Waals surface area contributed by atoms with E-state index < -0.39 is 0 Å². The summed E-state index contributed by atoms with van der Waals surface area (Å²) >= 11 is 3.56. The van der Waals surface area contributed by atoms with Crippen LogP contribution in [0.3, 0.4) is 0 Å². The number of aliphatic hydroxyl groups excluding tert-OH is 1. The van der Waals surface area contributed by atoms with Crippen molar-refractivity contribution >= 4 is 15.9 Å². The van der Waals surface area contributed by atoms with Crippen molar-refractivity contribution in [2.75, 3.05) is 27.4 Å². The topological polar surface area (TPSA) is 76.7 Å². The van der Waals surface area contributed by atoms with Crippen LogP contribution in [0.1, 0.15) is 25.5 Å². The third kappa shape index (κ3) is 4.57. The molecule has 0 bridgehead atoms. The molecule has 3 atom stereocenters. The second-order valence-electron chi connectivity index (χ2n) is 5.13. The standard InChI is InChI=1S/C15H25BrN2O3/c1-9(8-19)10(2)18-13(7-17)11-5-14(20-3)15(21-4)6-12(11)16/h5-6,9-10,13,18-19H,7-8,17H2,1-4H3. The lowest BCUT2D eigenvalue weighted by Crippen LogP contribution is -2.39. The zero-order valence-corrected chi connectivity index (χ0v) is 14.6. The Morgan fingerprint density at radius 1 is 1.24 bits per heavy atom. The minimum atomic E-state index is -0.0387. The summed E-state index contributed by atoms with van der Waals surface area (Å²) in [6, 6.07) is 3.90. The molecule has 0 aliphatic heterocycles. The smallest absolute Gasteiger partial charge is 0.161 e. The van der Waals surface area contributed by atoms with E-state index in [1.165, 1.54) is 0 Å². The average molecular weight is 361 g/mol. The highest BCUT2D eigenvalue weighted by atomic mass is 79.9. The van der Waals surface area contributed by atoms with Crippen LogP contribution in [0.25, 0.3) is 0 Å². The molecule has 1 rings (SSSR count). The number of halogens is 1. The van der Waals surface area contributed by atoms with Crippen LogP contribution >= 0.6 is 15.9 Å². The van der Waals surface area contributed by atoms with Crippen molar-refractivity contribution in [1.82, 2.24) is 5.32 Å². The molecule has 0 aliphatic rings. The van der Waals surface area contributed by atoms with Crippen LogP contribution in [-0.2, 0) is 0 Å². The molecule has 4 N–H and O–H groups in total. The number of aliphatic hydroxyl groups is 1. The van der Waals surface area contributed by atoms with Crippen molar-refractivity contribution in [2.24, 2.45) is 11.7 Å². The van der Waals surface area contributed by atoms with Gasteiger partial charge in [0, 0.05) is 29.7 Å². The SMILES string of the molecule is COc1cc(Br)c(C(CN)NC(C)C(C)CO)cc1OC. The molecule has 0 fully saturated rings. The molecule has 0 aromatic heterocycles. The Kier molecular flexibility index (Phi) is 7.45. The molecule has 0 amide bonds. The zero-order chi connectivity index (χ0) is 16.0. The van der Waals surface area contributed by atoms with Crippen molar-refractivity contribution in [1.29, 1.82) is 0 Å². The van der Waals surface area contributed by atoms with E-state index in [2.05, 4.69) is 21.2 Å². The molecule has 0 radical (unpaired) electrons. The fourth-order valence-electron chi connectivity index (χ4n) is 2.06. The number of benzene rings is 1. The van der Waals surface area contributed by atoms with Crippen molar-refractivity contribution in [2.45, 2.75) is 25.9 Å². The lowest BCUT2D eigenvalue weighted by Gasteiger charge is -2.27. The maximum Gasteiger partial charge on any atom is 0.161 e. The Balaban J connectivity index is 3.05. The first-order chi connectivity index (χ1) is 9.98. The highest BCUT2D eigenvalue weighted by Crippen LogP contribution is 2.36. The lowest BCUT2D eigenvalue weighted by molar-refractivity contribution is 0.201. The van der Waals surface area contributed by atoms with E-state index in [4.69, 9.17) is 15.2 Å². The summed E-state index contributed by atoms with van der Waals surface area (Å²) in [5, 5.41) is 12.7. The number of nitrogens with one attached hydrogen (secondary N) is 1. The Labute approximate surface area is 134 Å². The van der Waals surface area contributed by atoms with Crippen LogP contribution < -0.4 is 20.5 Å². The highest BCUT2D eigenvalue weighted by Gasteiger charge is 2.21. The molecule has 0 aliphatic carbocycles. The summed E-state index contributed by atoms with van der Waals surface area (Å²) in [5.41, 5.74) is 6.91. The van der Waals surface area contributed by atoms with Gasteiger partial charge in [0.05, 0.1) is 14.2 Å². The van der Waals surface area contributed by atoms with Gasteiger partial charge >= 0.3 is 0 Å². The van der Waals surface area contributed by atoms with Crippen LogP contribution in [0.5, 0.6) is 11.5 Å². The molecular weight excluding hydrogens is 336 g/mol. The predicted octanol–water partition coefficient (Wildman–Crippen LogP) is 2.07. The predicted molar refractivity (Wildman–Crippen MR) is 87.9 cm³/mol. The minimum absolute atomic E-state index is 0.0387. The first-order valence-electron chi connectivity index (χ1n) is 6.96. The van der Waals surface area contributed by atoms with Gasteiger partial charge in [0.15, 0.2) is 11.5 Å². The minimum Gasteiger partial charge on any atom is -0.493 e. The summed E-state index contributed by atoms with van der Waals surface area (Å²) in [5.74, 6) is 1.48.